The fraction of sp³-hybridized carbons (Fsp3) is 0.0435. The number of para-hydroxylation sites is 1. The van der Waals surface area contributed by atoms with Gasteiger partial charge in [0.05, 0.1) is 10.6 Å². The average molecular weight is 389 g/mol. The molecule has 0 saturated carbocycles. The molecule has 0 atom stereocenters. The number of nitrogens with zero attached hydrogens (tertiary/aromatic N) is 1. The molecule has 4 aromatic rings. The third-order valence-corrected chi connectivity index (χ3v) is 6.15. The van der Waals surface area contributed by atoms with E-state index in [-0.39, 0.29) is 10.8 Å². The van der Waals surface area contributed by atoms with E-state index in [1.54, 1.807) is 60.7 Å². The summed E-state index contributed by atoms with van der Waals surface area (Å²) in [4.78, 5) is 0.203. The summed E-state index contributed by atoms with van der Waals surface area (Å²) in [5, 5.41) is 0. The van der Waals surface area contributed by atoms with Crippen LogP contribution in [-0.2, 0) is 10.0 Å². The third-order valence-electron chi connectivity index (χ3n) is 4.41. The summed E-state index contributed by atoms with van der Waals surface area (Å²) in [6, 6.07) is 28.7. The van der Waals surface area contributed by atoms with Crippen molar-refractivity contribution in [2.24, 2.45) is 0 Å². The van der Waals surface area contributed by atoms with Crippen LogP contribution in [0.5, 0.6) is 0 Å². The Kier molecular flexibility index (Phi) is 4.75. The minimum Gasteiger partial charge on any atom is -0.439 e. The van der Waals surface area contributed by atoms with Gasteiger partial charge in [0.2, 0.25) is 5.88 Å². The molecule has 0 aliphatic heterocycles. The molecule has 0 fully saturated rings. The molecule has 0 bridgehead atoms. The second kappa shape index (κ2) is 7.37. The molecule has 0 aliphatic carbocycles. The summed E-state index contributed by atoms with van der Waals surface area (Å²) in [5.41, 5.74) is 2.28. The molecule has 0 radical (unpaired) electrons. The second-order valence-corrected chi connectivity index (χ2v) is 8.17. The number of anilines is 2. The molecule has 0 saturated heterocycles. The van der Waals surface area contributed by atoms with Gasteiger partial charge in [-0.3, -0.25) is 0 Å². The first-order valence-electron chi connectivity index (χ1n) is 8.88. The summed E-state index contributed by atoms with van der Waals surface area (Å²) in [5.74, 6) is 0.909. The molecule has 3 aromatic carbocycles. The van der Waals surface area contributed by atoms with Crippen LogP contribution in [0.15, 0.2) is 106 Å². The lowest BCUT2D eigenvalue weighted by atomic mass is 10.1. The number of furan rings is 1. The smallest absolute Gasteiger partial charge is 0.271 e. The van der Waals surface area contributed by atoms with E-state index in [1.807, 2.05) is 43.3 Å². The Morgan fingerprint density at radius 2 is 1.29 bits per heavy atom. The van der Waals surface area contributed by atoms with Gasteiger partial charge in [-0.1, -0.05) is 66.7 Å². The molecular weight excluding hydrogens is 370 g/mol. The maximum absolute atomic E-state index is 13.5. The first-order chi connectivity index (χ1) is 13.6. The normalized spacial score (nSPS) is 11.3. The minimum atomic E-state index is -3.85. The van der Waals surface area contributed by atoms with Crippen LogP contribution in [0.1, 0.15) is 5.56 Å². The van der Waals surface area contributed by atoms with Crippen molar-refractivity contribution in [2.45, 2.75) is 11.8 Å². The number of hydrogen-bond donors (Lipinski definition) is 0. The Hall–Kier alpha value is -3.31. The lowest BCUT2D eigenvalue weighted by Gasteiger charge is -2.22. The lowest BCUT2D eigenvalue weighted by molar-refractivity contribution is 0.571. The van der Waals surface area contributed by atoms with Crippen LogP contribution in [0.4, 0.5) is 11.6 Å². The SMILES string of the molecule is Cc1cc(N(c2ccccc2)S(=O)(=O)c2ccccc2)oc1-c1ccccc1. The zero-order valence-electron chi connectivity index (χ0n) is 15.3. The first-order valence-corrected chi connectivity index (χ1v) is 10.3. The van der Waals surface area contributed by atoms with E-state index in [1.165, 1.54) is 4.31 Å². The number of aryl methyl sites for hydroxylation is 1. The maximum Gasteiger partial charge on any atom is 0.271 e. The van der Waals surface area contributed by atoms with Crippen molar-refractivity contribution in [2.75, 3.05) is 4.31 Å². The zero-order chi connectivity index (χ0) is 19.6. The van der Waals surface area contributed by atoms with E-state index >= 15 is 0 Å². The van der Waals surface area contributed by atoms with E-state index in [9.17, 15) is 8.42 Å². The fourth-order valence-corrected chi connectivity index (χ4v) is 4.53. The second-order valence-electron chi connectivity index (χ2n) is 6.38. The highest BCUT2D eigenvalue weighted by Crippen LogP contribution is 2.38. The van der Waals surface area contributed by atoms with Gasteiger partial charge in [-0.25, -0.2) is 12.7 Å². The highest BCUT2D eigenvalue weighted by atomic mass is 32.2. The minimum absolute atomic E-state index is 0.203. The monoisotopic (exact) mass is 389 g/mol. The summed E-state index contributed by atoms with van der Waals surface area (Å²) in [6.45, 7) is 1.91. The molecule has 0 aliphatic rings. The summed E-state index contributed by atoms with van der Waals surface area (Å²) in [6.07, 6.45) is 0. The van der Waals surface area contributed by atoms with Gasteiger partial charge in [-0.15, -0.1) is 0 Å². The molecule has 140 valence electrons. The van der Waals surface area contributed by atoms with Crippen molar-refractivity contribution < 1.29 is 12.8 Å². The molecule has 0 spiro atoms. The molecule has 1 heterocycles. The Balaban J connectivity index is 1.89. The van der Waals surface area contributed by atoms with Crippen molar-refractivity contribution in [1.29, 1.82) is 0 Å². The van der Waals surface area contributed by atoms with E-state index in [4.69, 9.17) is 4.42 Å². The van der Waals surface area contributed by atoms with Crippen LogP contribution in [0, 0.1) is 6.92 Å². The average Bonchev–Trinajstić information content (AvgIpc) is 3.11. The van der Waals surface area contributed by atoms with E-state index in [0.29, 0.717) is 11.4 Å². The van der Waals surface area contributed by atoms with Crippen molar-refractivity contribution >= 4 is 21.6 Å². The van der Waals surface area contributed by atoms with Crippen LogP contribution in [0.3, 0.4) is 0 Å². The molecular formula is C23H19NO3S. The van der Waals surface area contributed by atoms with Crippen LogP contribution in [0.25, 0.3) is 11.3 Å². The Bertz CT molecular complexity index is 1170. The quantitative estimate of drug-likeness (QED) is 0.435. The van der Waals surface area contributed by atoms with Gasteiger partial charge in [0.25, 0.3) is 10.0 Å². The van der Waals surface area contributed by atoms with Gasteiger partial charge >= 0.3 is 0 Å². The molecule has 0 amide bonds. The molecule has 4 nitrogen and oxygen atoms in total. The number of rotatable bonds is 5. The van der Waals surface area contributed by atoms with Crippen molar-refractivity contribution in [1.82, 2.24) is 0 Å². The molecule has 4 rings (SSSR count). The Morgan fingerprint density at radius 3 is 1.89 bits per heavy atom. The van der Waals surface area contributed by atoms with Crippen molar-refractivity contribution in [3.8, 4) is 11.3 Å². The van der Waals surface area contributed by atoms with Gasteiger partial charge in [-0.05, 0) is 36.8 Å². The maximum atomic E-state index is 13.5. The van der Waals surface area contributed by atoms with E-state index in [0.717, 1.165) is 11.1 Å². The van der Waals surface area contributed by atoms with Gasteiger partial charge < -0.3 is 4.42 Å². The van der Waals surface area contributed by atoms with Gasteiger partial charge in [0.1, 0.15) is 5.76 Å². The highest BCUT2D eigenvalue weighted by Gasteiger charge is 2.29. The highest BCUT2D eigenvalue weighted by molar-refractivity contribution is 7.93. The topological polar surface area (TPSA) is 50.5 Å². The van der Waals surface area contributed by atoms with Crippen molar-refractivity contribution in [3.05, 3.63) is 103 Å². The van der Waals surface area contributed by atoms with Crippen LogP contribution < -0.4 is 4.31 Å². The van der Waals surface area contributed by atoms with Crippen LogP contribution in [-0.4, -0.2) is 8.42 Å². The van der Waals surface area contributed by atoms with E-state index in [2.05, 4.69) is 0 Å². The standard InChI is InChI=1S/C23H19NO3S/c1-18-17-22(27-23(18)19-11-5-2-6-12-19)24(20-13-7-3-8-14-20)28(25,26)21-15-9-4-10-16-21/h2-17H,1H3. The number of sulfonamides is 1. The van der Waals surface area contributed by atoms with E-state index < -0.39 is 10.0 Å². The van der Waals surface area contributed by atoms with Crippen molar-refractivity contribution in [3.63, 3.8) is 0 Å². The fourth-order valence-electron chi connectivity index (χ4n) is 3.09. The molecule has 1 aromatic heterocycles. The number of hydrogen-bond acceptors (Lipinski definition) is 3. The van der Waals surface area contributed by atoms with Crippen LogP contribution >= 0.6 is 0 Å². The first kappa shape index (κ1) is 18.1. The molecule has 0 N–H and O–H groups in total. The summed E-state index contributed by atoms with van der Waals surface area (Å²) >= 11 is 0. The lowest BCUT2D eigenvalue weighted by Crippen LogP contribution is -2.25. The molecule has 0 unspecified atom stereocenters. The van der Waals surface area contributed by atoms with Gasteiger partial charge in [-0.2, -0.15) is 0 Å². The predicted octanol–water partition coefficient (Wildman–Crippen LogP) is 5.78. The number of benzene rings is 3. The summed E-state index contributed by atoms with van der Waals surface area (Å²) < 4.78 is 34.2. The molecule has 5 heteroatoms. The third kappa shape index (κ3) is 3.32. The van der Waals surface area contributed by atoms with Gasteiger partial charge in [0.15, 0.2) is 0 Å². The summed E-state index contributed by atoms with van der Waals surface area (Å²) in [7, 11) is -3.85. The van der Waals surface area contributed by atoms with Gasteiger partial charge in [0, 0.05) is 11.6 Å². The Labute approximate surface area is 164 Å². The Morgan fingerprint density at radius 1 is 0.750 bits per heavy atom. The van der Waals surface area contributed by atoms with Crippen LogP contribution in [0.2, 0.25) is 0 Å². The largest absolute Gasteiger partial charge is 0.439 e. The predicted molar refractivity (Wildman–Crippen MR) is 111 cm³/mol. The zero-order valence-corrected chi connectivity index (χ0v) is 16.1. The molecule has 28 heavy (non-hydrogen) atoms.